The highest BCUT2D eigenvalue weighted by molar-refractivity contribution is 5.88. The van der Waals surface area contributed by atoms with Gasteiger partial charge in [0.15, 0.2) is 0 Å². The Kier molecular flexibility index (Phi) is 5.16. The van der Waals surface area contributed by atoms with Crippen LogP contribution in [-0.4, -0.2) is 75.0 Å². The molecular formula is C22H31N5O3. The van der Waals surface area contributed by atoms with Crippen LogP contribution in [0, 0.1) is 0 Å². The normalized spacial score (nSPS) is 25.3. The minimum absolute atomic E-state index is 0.0466. The molecule has 8 heteroatoms. The maximum atomic E-state index is 13.2. The molecule has 0 radical (unpaired) electrons. The summed E-state index contributed by atoms with van der Waals surface area (Å²) in [6.45, 7) is 2.61. The molecule has 4 heterocycles. The van der Waals surface area contributed by atoms with E-state index in [0.29, 0.717) is 26.2 Å². The number of nitrogens with one attached hydrogen (secondary N) is 1. The number of hydrogen-bond acceptors (Lipinski definition) is 3. The molecule has 1 aromatic heterocycles. The van der Waals surface area contributed by atoms with Gasteiger partial charge in [0, 0.05) is 43.6 Å². The number of carbonyl (C=O) groups is 3. The highest BCUT2D eigenvalue weighted by atomic mass is 16.2. The Morgan fingerprint density at radius 3 is 2.47 bits per heavy atom. The Hall–Kier alpha value is -2.51. The van der Waals surface area contributed by atoms with E-state index in [4.69, 9.17) is 0 Å². The molecule has 5 rings (SSSR count). The van der Waals surface area contributed by atoms with Crippen molar-refractivity contribution in [3.8, 4) is 0 Å². The van der Waals surface area contributed by atoms with E-state index in [1.54, 1.807) is 9.47 Å². The number of piperidine rings is 1. The van der Waals surface area contributed by atoms with Crippen LogP contribution in [0.3, 0.4) is 0 Å². The van der Waals surface area contributed by atoms with Crippen LogP contribution in [0.5, 0.6) is 0 Å². The van der Waals surface area contributed by atoms with Gasteiger partial charge in [0.25, 0.3) is 0 Å². The Balaban J connectivity index is 1.16. The largest absolute Gasteiger partial charge is 0.341 e. The highest BCUT2D eigenvalue weighted by Gasteiger charge is 2.40. The third-order valence-electron chi connectivity index (χ3n) is 7.32. The summed E-state index contributed by atoms with van der Waals surface area (Å²) in [6, 6.07) is 3.97. The fraction of sp³-hybridized carbons (Fsp3) is 0.682. The van der Waals surface area contributed by atoms with Gasteiger partial charge in [-0.05, 0) is 50.7 Å². The maximum Gasteiger partial charge on any atom is 0.329 e. The molecule has 1 aromatic rings. The summed E-state index contributed by atoms with van der Waals surface area (Å²) in [5.41, 5.74) is 1.04. The molecule has 1 saturated carbocycles. The van der Waals surface area contributed by atoms with Gasteiger partial charge in [0.1, 0.15) is 6.04 Å². The molecule has 1 atom stereocenters. The molecule has 30 heavy (non-hydrogen) atoms. The second-order valence-electron chi connectivity index (χ2n) is 9.12. The number of hydrogen-bond donors (Lipinski definition) is 1. The molecule has 1 N–H and O–H groups in total. The monoisotopic (exact) mass is 413 g/mol. The predicted molar refractivity (Wildman–Crippen MR) is 111 cm³/mol. The van der Waals surface area contributed by atoms with Crippen molar-refractivity contribution < 1.29 is 14.4 Å². The third kappa shape index (κ3) is 3.46. The number of nitrogens with zero attached hydrogens (tertiary/aromatic N) is 4. The fourth-order valence-electron chi connectivity index (χ4n) is 5.60. The molecule has 4 aliphatic rings. The zero-order valence-electron chi connectivity index (χ0n) is 17.5. The van der Waals surface area contributed by atoms with Crippen molar-refractivity contribution in [3.63, 3.8) is 0 Å². The minimum Gasteiger partial charge on any atom is -0.341 e. The van der Waals surface area contributed by atoms with Crippen LogP contribution in [0.4, 0.5) is 9.59 Å². The van der Waals surface area contributed by atoms with Crippen LogP contribution in [0.1, 0.15) is 57.1 Å². The summed E-state index contributed by atoms with van der Waals surface area (Å²) in [5, 5.41) is 3.13. The summed E-state index contributed by atoms with van der Waals surface area (Å²) in [6.07, 6.45) is 9.48. The molecule has 3 aliphatic heterocycles. The number of likely N-dealkylation sites (tertiary alicyclic amines) is 2. The number of carbonyl (C=O) groups excluding carboxylic acids is 3. The van der Waals surface area contributed by atoms with E-state index < -0.39 is 0 Å². The second kappa shape index (κ2) is 7.96. The van der Waals surface area contributed by atoms with E-state index >= 15 is 0 Å². The van der Waals surface area contributed by atoms with Crippen molar-refractivity contribution in [3.05, 3.63) is 24.0 Å². The van der Waals surface area contributed by atoms with Gasteiger partial charge in [0.05, 0.1) is 6.54 Å². The first-order valence-corrected chi connectivity index (χ1v) is 11.4. The summed E-state index contributed by atoms with van der Waals surface area (Å²) in [4.78, 5) is 44.1. The zero-order valence-corrected chi connectivity index (χ0v) is 17.5. The highest BCUT2D eigenvalue weighted by Crippen LogP contribution is 2.27. The summed E-state index contributed by atoms with van der Waals surface area (Å²) < 4.78 is 1.72. The third-order valence-corrected chi connectivity index (χ3v) is 7.32. The quantitative estimate of drug-likeness (QED) is 0.826. The van der Waals surface area contributed by atoms with Crippen LogP contribution in [-0.2, 0) is 11.3 Å². The number of amides is 4. The van der Waals surface area contributed by atoms with Gasteiger partial charge in [-0.2, -0.15) is 0 Å². The standard InChI is InChI=1S/C22H31N5O3/c28-20(19-8-4-12-26(19)21(29)23-16-5-1-2-6-16)24-13-9-17(10-14-24)27-15-18-7-3-11-25(18)22(27)30/h3,7,11,16-17,19H,1-2,4-6,8-10,12-15H2,(H,23,29). The van der Waals surface area contributed by atoms with Crippen LogP contribution in [0.25, 0.3) is 0 Å². The van der Waals surface area contributed by atoms with Crippen LogP contribution < -0.4 is 5.32 Å². The van der Waals surface area contributed by atoms with Gasteiger partial charge in [-0.25, -0.2) is 9.59 Å². The maximum absolute atomic E-state index is 13.2. The number of rotatable bonds is 3. The smallest absolute Gasteiger partial charge is 0.329 e. The van der Waals surface area contributed by atoms with E-state index in [9.17, 15) is 14.4 Å². The molecule has 162 valence electrons. The Labute approximate surface area is 177 Å². The first-order chi connectivity index (χ1) is 14.6. The van der Waals surface area contributed by atoms with Gasteiger partial charge in [-0.15, -0.1) is 0 Å². The fourth-order valence-corrected chi connectivity index (χ4v) is 5.60. The van der Waals surface area contributed by atoms with Crippen molar-refractivity contribution in [2.24, 2.45) is 0 Å². The minimum atomic E-state index is -0.336. The summed E-state index contributed by atoms with van der Waals surface area (Å²) >= 11 is 0. The van der Waals surface area contributed by atoms with Crippen molar-refractivity contribution in [1.29, 1.82) is 0 Å². The SMILES string of the molecule is O=C(C1CCCN1C(=O)NC1CCCC1)N1CCC(N2Cc3cccn3C2=O)CC1. The molecule has 0 aromatic carbocycles. The van der Waals surface area contributed by atoms with Gasteiger partial charge in [0.2, 0.25) is 5.91 Å². The molecule has 2 saturated heterocycles. The molecule has 1 aliphatic carbocycles. The molecule has 8 nitrogen and oxygen atoms in total. The Bertz CT molecular complexity index is 822. The number of aromatic nitrogens is 1. The van der Waals surface area contributed by atoms with E-state index in [-0.39, 0.29) is 36.1 Å². The average Bonchev–Trinajstić information content (AvgIpc) is 3.54. The predicted octanol–water partition coefficient (Wildman–Crippen LogP) is 2.38. The summed E-state index contributed by atoms with van der Waals surface area (Å²) in [5.74, 6) is 0.0755. The Morgan fingerprint density at radius 1 is 0.967 bits per heavy atom. The topological polar surface area (TPSA) is 77.9 Å². The first kappa shape index (κ1) is 19.5. The zero-order chi connectivity index (χ0) is 20.7. The van der Waals surface area contributed by atoms with Gasteiger partial charge >= 0.3 is 12.1 Å². The van der Waals surface area contributed by atoms with Crippen LogP contribution in [0.15, 0.2) is 18.3 Å². The van der Waals surface area contributed by atoms with Gasteiger partial charge < -0.3 is 20.0 Å². The lowest BCUT2D eigenvalue weighted by Gasteiger charge is -2.38. The van der Waals surface area contributed by atoms with Crippen molar-refractivity contribution in [1.82, 2.24) is 24.6 Å². The summed E-state index contributed by atoms with van der Waals surface area (Å²) in [7, 11) is 0. The molecule has 3 fully saturated rings. The molecule has 4 amide bonds. The molecule has 1 unspecified atom stereocenters. The number of urea groups is 1. The van der Waals surface area contributed by atoms with Crippen LogP contribution >= 0.6 is 0 Å². The number of fused-ring (bicyclic) bond motifs is 1. The van der Waals surface area contributed by atoms with Crippen molar-refractivity contribution in [2.45, 2.75) is 76.0 Å². The lowest BCUT2D eigenvalue weighted by atomic mass is 10.0. The van der Waals surface area contributed by atoms with Gasteiger partial charge in [-0.3, -0.25) is 9.36 Å². The molecular weight excluding hydrogens is 382 g/mol. The van der Waals surface area contributed by atoms with E-state index in [1.165, 1.54) is 12.8 Å². The van der Waals surface area contributed by atoms with Crippen molar-refractivity contribution in [2.75, 3.05) is 19.6 Å². The second-order valence-corrected chi connectivity index (χ2v) is 9.12. The van der Waals surface area contributed by atoms with E-state index in [0.717, 1.165) is 44.2 Å². The molecule has 0 spiro atoms. The first-order valence-electron chi connectivity index (χ1n) is 11.4. The molecule has 0 bridgehead atoms. The van der Waals surface area contributed by atoms with E-state index in [1.807, 2.05) is 28.1 Å². The van der Waals surface area contributed by atoms with Crippen LogP contribution in [0.2, 0.25) is 0 Å². The lowest BCUT2D eigenvalue weighted by Crippen LogP contribution is -2.54. The lowest BCUT2D eigenvalue weighted by molar-refractivity contribution is -0.136. The van der Waals surface area contributed by atoms with Crippen molar-refractivity contribution >= 4 is 18.0 Å². The van der Waals surface area contributed by atoms with E-state index in [2.05, 4.69) is 5.32 Å². The van der Waals surface area contributed by atoms with Gasteiger partial charge in [-0.1, -0.05) is 12.8 Å². The average molecular weight is 414 g/mol. The Morgan fingerprint density at radius 2 is 1.73 bits per heavy atom.